The zero-order chi connectivity index (χ0) is 11.5. The van der Waals surface area contributed by atoms with Gasteiger partial charge in [-0.15, -0.1) is 0 Å². The monoisotopic (exact) mass is 226 g/mol. The molecule has 0 amide bonds. The first kappa shape index (κ1) is 11.3. The SMILES string of the molecule is CC1CCNCCN1c1ccc(F)cc1F. The first-order chi connectivity index (χ1) is 7.68. The molecule has 1 aliphatic heterocycles. The lowest BCUT2D eigenvalue weighted by molar-refractivity contribution is 0.565. The molecular weight excluding hydrogens is 210 g/mol. The van der Waals surface area contributed by atoms with Crippen LogP contribution < -0.4 is 10.2 Å². The van der Waals surface area contributed by atoms with Crippen LogP contribution in [0.5, 0.6) is 0 Å². The number of hydrogen-bond donors (Lipinski definition) is 1. The first-order valence-electron chi connectivity index (χ1n) is 5.61. The number of anilines is 1. The zero-order valence-corrected chi connectivity index (χ0v) is 9.34. The molecule has 0 radical (unpaired) electrons. The van der Waals surface area contributed by atoms with Crippen LogP contribution in [0.2, 0.25) is 0 Å². The quantitative estimate of drug-likeness (QED) is 0.789. The molecule has 1 saturated heterocycles. The second-order valence-corrected chi connectivity index (χ2v) is 4.18. The van der Waals surface area contributed by atoms with E-state index in [1.54, 1.807) is 0 Å². The molecule has 1 aliphatic rings. The molecule has 0 saturated carbocycles. The Balaban J connectivity index is 2.27. The number of halogens is 2. The smallest absolute Gasteiger partial charge is 0.149 e. The standard InChI is InChI=1S/C12H16F2N2/c1-9-4-5-15-6-7-16(9)12-3-2-10(13)8-11(12)14/h2-3,8-9,15H,4-7H2,1H3. The summed E-state index contributed by atoms with van der Waals surface area (Å²) in [6, 6.07) is 4.05. The Morgan fingerprint density at radius 3 is 2.88 bits per heavy atom. The van der Waals surface area contributed by atoms with Crippen molar-refractivity contribution in [2.45, 2.75) is 19.4 Å². The minimum atomic E-state index is -0.526. The molecule has 16 heavy (non-hydrogen) atoms. The average Bonchev–Trinajstić information content (AvgIpc) is 2.44. The molecule has 2 rings (SSSR count). The molecule has 4 heteroatoms. The first-order valence-corrected chi connectivity index (χ1v) is 5.61. The van der Waals surface area contributed by atoms with Gasteiger partial charge in [0.2, 0.25) is 0 Å². The molecule has 1 fully saturated rings. The number of rotatable bonds is 1. The average molecular weight is 226 g/mol. The van der Waals surface area contributed by atoms with Crippen molar-refractivity contribution in [2.75, 3.05) is 24.5 Å². The molecule has 1 aromatic carbocycles. The maximum Gasteiger partial charge on any atom is 0.149 e. The highest BCUT2D eigenvalue weighted by molar-refractivity contribution is 5.49. The number of benzene rings is 1. The Hall–Kier alpha value is -1.16. The largest absolute Gasteiger partial charge is 0.365 e. The van der Waals surface area contributed by atoms with E-state index in [0.717, 1.165) is 32.1 Å². The molecule has 2 nitrogen and oxygen atoms in total. The van der Waals surface area contributed by atoms with Gasteiger partial charge in [-0.3, -0.25) is 0 Å². The van der Waals surface area contributed by atoms with Crippen LogP contribution >= 0.6 is 0 Å². The van der Waals surface area contributed by atoms with Crippen LogP contribution in [-0.4, -0.2) is 25.7 Å². The van der Waals surface area contributed by atoms with Gasteiger partial charge in [0.15, 0.2) is 0 Å². The maximum atomic E-state index is 13.6. The normalized spacial score (nSPS) is 21.9. The van der Waals surface area contributed by atoms with Gasteiger partial charge in [-0.25, -0.2) is 8.78 Å². The second-order valence-electron chi connectivity index (χ2n) is 4.18. The highest BCUT2D eigenvalue weighted by Gasteiger charge is 2.19. The summed E-state index contributed by atoms with van der Waals surface area (Å²) in [5.41, 5.74) is 0.498. The minimum Gasteiger partial charge on any atom is -0.365 e. The van der Waals surface area contributed by atoms with Crippen molar-refractivity contribution < 1.29 is 8.78 Å². The van der Waals surface area contributed by atoms with E-state index in [2.05, 4.69) is 12.2 Å². The van der Waals surface area contributed by atoms with Crippen molar-refractivity contribution in [3.8, 4) is 0 Å². The number of nitrogens with one attached hydrogen (secondary N) is 1. The van der Waals surface area contributed by atoms with Gasteiger partial charge in [-0.1, -0.05) is 0 Å². The predicted octanol–water partition coefficient (Wildman–Crippen LogP) is 2.15. The summed E-state index contributed by atoms with van der Waals surface area (Å²) in [5, 5.41) is 3.27. The van der Waals surface area contributed by atoms with E-state index in [9.17, 15) is 8.78 Å². The third kappa shape index (κ3) is 2.32. The lowest BCUT2D eigenvalue weighted by Gasteiger charge is -2.29. The van der Waals surface area contributed by atoms with Crippen LogP contribution in [0.3, 0.4) is 0 Å². The molecule has 1 N–H and O–H groups in total. The van der Waals surface area contributed by atoms with Crippen LogP contribution in [0.1, 0.15) is 13.3 Å². The summed E-state index contributed by atoms with van der Waals surface area (Å²) in [5.74, 6) is -1.00. The summed E-state index contributed by atoms with van der Waals surface area (Å²) < 4.78 is 26.5. The molecule has 0 spiro atoms. The van der Waals surface area contributed by atoms with Gasteiger partial charge in [0.05, 0.1) is 5.69 Å². The summed E-state index contributed by atoms with van der Waals surface area (Å²) in [6.07, 6.45) is 0.969. The van der Waals surface area contributed by atoms with Crippen molar-refractivity contribution in [1.29, 1.82) is 0 Å². The highest BCUT2D eigenvalue weighted by atomic mass is 19.1. The van der Waals surface area contributed by atoms with Crippen LogP contribution in [-0.2, 0) is 0 Å². The zero-order valence-electron chi connectivity index (χ0n) is 9.34. The van der Waals surface area contributed by atoms with Crippen LogP contribution in [0, 0.1) is 11.6 Å². The molecule has 0 aliphatic carbocycles. The Morgan fingerprint density at radius 1 is 1.31 bits per heavy atom. The fourth-order valence-electron chi connectivity index (χ4n) is 2.08. The summed E-state index contributed by atoms with van der Waals surface area (Å²) in [6.45, 7) is 4.60. The fourth-order valence-corrected chi connectivity index (χ4v) is 2.08. The Kier molecular flexibility index (Phi) is 3.39. The van der Waals surface area contributed by atoms with Gasteiger partial charge in [0.25, 0.3) is 0 Å². The van der Waals surface area contributed by atoms with Crippen molar-refractivity contribution in [3.05, 3.63) is 29.8 Å². The van der Waals surface area contributed by atoms with Crippen LogP contribution in [0.25, 0.3) is 0 Å². The molecule has 0 aromatic heterocycles. The lowest BCUT2D eigenvalue weighted by atomic mass is 10.1. The highest BCUT2D eigenvalue weighted by Crippen LogP contribution is 2.23. The van der Waals surface area contributed by atoms with E-state index in [4.69, 9.17) is 0 Å². The van der Waals surface area contributed by atoms with E-state index < -0.39 is 11.6 Å². The van der Waals surface area contributed by atoms with Gasteiger partial charge in [0.1, 0.15) is 11.6 Å². The van der Waals surface area contributed by atoms with Gasteiger partial charge < -0.3 is 10.2 Å². The van der Waals surface area contributed by atoms with Crippen molar-refractivity contribution in [1.82, 2.24) is 5.32 Å². The van der Waals surface area contributed by atoms with Crippen LogP contribution in [0.4, 0.5) is 14.5 Å². The summed E-state index contributed by atoms with van der Waals surface area (Å²) in [4.78, 5) is 1.99. The molecule has 1 atom stereocenters. The maximum absolute atomic E-state index is 13.6. The predicted molar refractivity (Wildman–Crippen MR) is 60.7 cm³/mol. The number of hydrogen-bond acceptors (Lipinski definition) is 2. The Labute approximate surface area is 94.3 Å². The molecule has 1 heterocycles. The lowest BCUT2D eigenvalue weighted by Crippen LogP contribution is -2.34. The van der Waals surface area contributed by atoms with Gasteiger partial charge in [0, 0.05) is 25.2 Å². The number of nitrogens with zero attached hydrogens (tertiary/aromatic N) is 1. The molecular formula is C12H16F2N2. The van der Waals surface area contributed by atoms with Crippen molar-refractivity contribution >= 4 is 5.69 Å². The van der Waals surface area contributed by atoms with E-state index >= 15 is 0 Å². The minimum absolute atomic E-state index is 0.273. The second kappa shape index (κ2) is 4.78. The van der Waals surface area contributed by atoms with E-state index in [1.165, 1.54) is 12.1 Å². The van der Waals surface area contributed by atoms with Gasteiger partial charge in [-0.05, 0) is 32.0 Å². The van der Waals surface area contributed by atoms with Gasteiger partial charge in [-0.2, -0.15) is 0 Å². The Bertz CT molecular complexity index is 368. The third-order valence-corrected chi connectivity index (χ3v) is 3.02. The van der Waals surface area contributed by atoms with Crippen LogP contribution in [0.15, 0.2) is 18.2 Å². The van der Waals surface area contributed by atoms with E-state index in [0.29, 0.717) is 5.69 Å². The fraction of sp³-hybridized carbons (Fsp3) is 0.500. The Morgan fingerprint density at radius 2 is 2.12 bits per heavy atom. The summed E-state index contributed by atoms with van der Waals surface area (Å²) in [7, 11) is 0. The molecule has 88 valence electrons. The van der Waals surface area contributed by atoms with E-state index in [-0.39, 0.29) is 6.04 Å². The van der Waals surface area contributed by atoms with E-state index in [1.807, 2.05) is 4.90 Å². The molecule has 0 bridgehead atoms. The topological polar surface area (TPSA) is 15.3 Å². The summed E-state index contributed by atoms with van der Waals surface area (Å²) >= 11 is 0. The van der Waals surface area contributed by atoms with Gasteiger partial charge >= 0.3 is 0 Å². The molecule has 1 unspecified atom stereocenters. The van der Waals surface area contributed by atoms with Crippen molar-refractivity contribution in [2.24, 2.45) is 0 Å². The third-order valence-electron chi connectivity index (χ3n) is 3.02. The molecule has 1 aromatic rings. The van der Waals surface area contributed by atoms with Crippen molar-refractivity contribution in [3.63, 3.8) is 0 Å².